The summed E-state index contributed by atoms with van der Waals surface area (Å²) in [6.45, 7) is 5.50. The third kappa shape index (κ3) is 4.63. The summed E-state index contributed by atoms with van der Waals surface area (Å²) in [7, 11) is 1.52. The van der Waals surface area contributed by atoms with Crippen LogP contribution < -0.4 is 10.1 Å². The average Bonchev–Trinajstić information content (AvgIpc) is 3.12. The number of pyridine rings is 1. The number of carbonyl (C=O) groups excluding carboxylic acids is 2. The number of aromatic nitrogens is 2. The maximum absolute atomic E-state index is 13.6. The molecule has 0 spiro atoms. The number of ether oxygens (including phenoxy) is 2. The van der Waals surface area contributed by atoms with Gasteiger partial charge >= 0.3 is 6.09 Å². The minimum atomic E-state index is -0.722. The Hall–Kier alpha value is -3.04. The fourth-order valence-electron chi connectivity index (χ4n) is 3.81. The monoisotopic (exact) mass is 546 g/mol. The molecule has 0 aliphatic carbocycles. The van der Waals surface area contributed by atoms with Crippen LogP contribution in [0.25, 0.3) is 5.69 Å². The fourth-order valence-corrected chi connectivity index (χ4v) is 4.50. The van der Waals surface area contributed by atoms with E-state index in [4.69, 9.17) is 21.1 Å². The molecule has 3 aromatic rings. The van der Waals surface area contributed by atoms with Crippen molar-refractivity contribution in [2.24, 2.45) is 0 Å². The van der Waals surface area contributed by atoms with E-state index >= 15 is 0 Å². The van der Waals surface area contributed by atoms with Gasteiger partial charge in [-0.25, -0.2) is 9.69 Å². The third-order valence-electron chi connectivity index (χ3n) is 5.20. The number of para-hydroxylation sites is 1. The van der Waals surface area contributed by atoms with Crippen molar-refractivity contribution in [3.05, 3.63) is 63.6 Å². The zero-order chi connectivity index (χ0) is 24.6. The van der Waals surface area contributed by atoms with Crippen LogP contribution in [0.5, 0.6) is 5.75 Å². The van der Waals surface area contributed by atoms with Crippen LogP contribution in [0.2, 0.25) is 5.02 Å². The second-order valence-electron chi connectivity index (χ2n) is 8.69. The number of benzene rings is 1. The van der Waals surface area contributed by atoms with Gasteiger partial charge in [-0.05, 0) is 54.9 Å². The number of halogens is 2. The molecule has 8 nitrogen and oxygen atoms in total. The lowest BCUT2D eigenvalue weighted by Gasteiger charge is -2.29. The van der Waals surface area contributed by atoms with E-state index in [0.717, 1.165) is 20.8 Å². The summed E-state index contributed by atoms with van der Waals surface area (Å²) in [5.41, 5.74) is 2.34. The summed E-state index contributed by atoms with van der Waals surface area (Å²) in [5.74, 6) is 0.00550. The first kappa shape index (κ1) is 24.1. The average molecular weight is 548 g/mol. The number of methoxy groups -OCH3 is 1. The molecule has 1 aromatic carbocycles. The van der Waals surface area contributed by atoms with Crippen LogP contribution in [0.4, 0.5) is 16.2 Å². The Morgan fingerprint density at radius 2 is 2.00 bits per heavy atom. The molecule has 2 aromatic heterocycles. The predicted octanol–water partition coefficient (Wildman–Crippen LogP) is 5.97. The highest BCUT2D eigenvalue weighted by atomic mass is 79.9. The summed E-state index contributed by atoms with van der Waals surface area (Å²) in [6.07, 6.45) is 4.96. The lowest BCUT2D eigenvalue weighted by atomic mass is 10.1. The Kier molecular flexibility index (Phi) is 6.60. The SMILES string of the molecule is COc1c(Cl)cccc1Nc1cn(-c2ccncc2Br)c2c1C(=O)N(C(=O)OC(C)(C)C)CC2. The van der Waals surface area contributed by atoms with E-state index < -0.39 is 17.6 Å². The van der Waals surface area contributed by atoms with Gasteiger partial charge in [0.05, 0.1) is 39.2 Å². The van der Waals surface area contributed by atoms with Crippen molar-refractivity contribution in [2.45, 2.75) is 32.8 Å². The molecule has 0 saturated heterocycles. The highest BCUT2D eigenvalue weighted by molar-refractivity contribution is 9.10. The van der Waals surface area contributed by atoms with E-state index in [1.807, 2.05) is 16.8 Å². The zero-order valence-electron chi connectivity index (χ0n) is 19.2. The molecule has 34 heavy (non-hydrogen) atoms. The normalized spacial score (nSPS) is 13.5. The topological polar surface area (TPSA) is 85.7 Å². The van der Waals surface area contributed by atoms with Crippen LogP contribution in [0, 0.1) is 0 Å². The van der Waals surface area contributed by atoms with E-state index in [0.29, 0.717) is 34.1 Å². The van der Waals surface area contributed by atoms with Crippen molar-refractivity contribution in [3.8, 4) is 11.4 Å². The first-order chi connectivity index (χ1) is 16.1. The number of imide groups is 1. The first-order valence-electron chi connectivity index (χ1n) is 10.6. The first-order valence-corrected chi connectivity index (χ1v) is 11.8. The van der Waals surface area contributed by atoms with Gasteiger partial charge in [-0.3, -0.25) is 9.78 Å². The Bertz CT molecular complexity index is 1270. The molecule has 0 bridgehead atoms. The second kappa shape index (κ2) is 9.31. The molecule has 1 N–H and O–H groups in total. The summed E-state index contributed by atoms with van der Waals surface area (Å²) in [4.78, 5) is 31.6. The van der Waals surface area contributed by atoms with E-state index in [1.54, 1.807) is 51.4 Å². The van der Waals surface area contributed by atoms with Gasteiger partial charge in [0.2, 0.25) is 0 Å². The zero-order valence-corrected chi connectivity index (χ0v) is 21.5. The minimum absolute atomic E-state index is 0.202. The van der Waals surface area contributed by atoms with Crippen LogP contribution in [0.15, 0.2) is 47.3 Å². The van der Waals surface area contributed by atoms with Gasteiger partial charge in [-0.2, -0.15) is 0 Å². The Morgan fingerprint density at radius 3 is 2.68 bits per heavy atom. The number of nitrogens with one attached hydrogen (secondary N) is 1. The van der Waals surface area contributed by atoms with Crippen molar-refractivity contribution < 1.29 is 19.1 Å². The molecule has 0 unspecified atom stereocenters. The van der Waals surface area contributed by atoms with Gasteiger partial charge < -0.3 is 19.4 Å². The number of anilines is 2. The number of fused-ring (bicyclic) bond motifs is 1. The Labute approximate surface area is 210 Å². The molecule has 0 saturated carbocycles. The van der Waals surface area contributed by atoms with Gasteiger partial charge in [0.25, 0.3) is 5.91 Å². The lowest BCUT2D eigenvalue weighted by molar-refractivity contribution is 0.0233. The van der Waals surface area contributed by atoms with Crippen molar-refractivity contribution in [1.29, 1.82) is 0 Å². The predicted molar refractivity (Wildman–Crippen MR) is 134 cm³/mol. The van der Waals surface area contributed by atoms with E-state index in [9.17, 15) is 9.59 Å². The van der Waals surface area contributed by atoms with Gasteiger partial charge in [0.1, 0.15) is 5.60 Å². The number of hydrogen-bond donors (Lipinski definition) is 1. The van der Waals surface area contributed by atoms with Crippen molar-refractivity contribution in [2.75, 3.05) is 19.0 Å². The highest BCUT2D eigenvalue weighted by Crippen LogP contribution is 2.39. The smallest absolute Gasteiger partial charge is 0.417 e. The maximum atomic E-state index is 13.6. The summed E-state index contributed by atoms with van der Waals surface area (Å²) in [5, 5.41) is 3.71. The Balaban J connectivity index is 1.83. The van der Waals surface area contributed by atoms with E-state index in [-0.39, 0.29) is 6.54 Å². The molecule has 178 valence electrons. The fraction of sp³-hybridized carbons (Fsp3) is 0.292. The van der Waals surface area contributed by atoms with Gasteiger partial charge in [0, 0.05) is 37.3 Å². The summed E-state index contributed by atoms with van der Waals surface area (Å²) in [6, 6.07) is 7.15. The standard InChI is InChI=1S/C24H24BrClN4O4/c1-24(2,3)34-23(32)29-11-9-19-20(22(29)31)17(13-30(19)18-8-10-27-12-14(18)25)28-16-7-5-6-15(26)21(16)33-4/h5-8,10,12-13,28H,9,11H2,1-4H3. The van der Waals surface area contributed by atoms with Crippen LogP contribution >= 0.6 is 27.5 Å². The third-order valence-corrected chi connectivity index (χ3v) is 6.11. The van der Waals surface area contributed by atoms with E-state index in [2.05, 4.69) is 26.2 Å². The largest absolute Gasteiger partial charge is 0.493 e. The molecule has 0 fully saturated rings. The number of hydrogen-bond acceptors (Lipinski definition) is 6. The number of amides is 2. The van der Waals surface area contributed by atoms with Crippen molar-refractivity contribution in [1.82, 2.24) is 14.5 Å². The van der Waals surface area contributed by atoms with Gasteiger partial charge in [0.15, 0.2) is 5.75 Å². The van der Waals surface area contributed by atoms with Crippen LogP contribution in [-0.4, -0.2) is 45.7 Å². The summed E-state index contributed by atoms with van der Waals surface area (Å²) < 4.78 is 13.6. The van der Waals surface area contributed by atoms with Crippen molar-refractivity contribution in [3.63, 3.8) is 0 Å². The molecular formula is C24H24BrClN4O4. The van der Waals surface area contributed by atoms with Crippen LogP contribution in [-0.2, 0) is 11.2 Å². The minimum Gasteiger partial charge on any atom is -0.493 e. The van der Waals surface area contributed by atoms with Gasteiger partial charge in [-0.15, -0.1) is 0 Å². The van der Waals surface area contributed by atoms with Crippen molar-refractivity contribution >= 4 is 50.9 Å². The number of carbonyl (C=O) groups is 2. The quantitative estimate of drug-likeness (QED) is 0.433. The molecule has 3 heterocycles. The molecule has 1 aliphatic heterocycles. The Morgan fingerprint density at radius 1 is 1.24 bits per heavy atom. The molecule has 0 radical (unpaired) electrons. The lowest BCUT2D eigenvalue weighted by Crippen LogP contribution is -2.45. The van der Waals surface area contributed by atoms with Gasteiger partial charge in [-0.1, -0.05) is 17.7 Å². The van der Waals surface area contributed by atoms with E-state index in [1.165, 1.54) is 7.11 Å². The molecule has 10 heteroatoms. The highest BCUT2D eigenvalue weighted by Gasteiger charge is 2.37. The molecule has 2 amide bonds. The number of nitrogens with zero attached hydrogens (tertiary/aromatic N) is 3. The molecular weight excluding hydrogens is 524 g/mol. The maximum Gasteiger partial charge on any atom is 0.417 e. The number of rotatable bonds is 4. The van der Waals surface area contributed by atoms with Crippen LogP contribution in [0.1, 0.15) is 36.8 Å². The van der Waals surface area contributed by atoms with Crippen LogP contribution in [0.3, 0.4) is 0 Å². The summed E-state index contributed by atoms with van der Waals surface area (Å²) >= 11 is 9.84. The second-order valence-corrected chi connectivity index (χ2v) is 9.96. The molecule has 0 atom stereocenters. The molecule has 1 aliphatic rings. The molecule has 4 rings (SSSR count).